The average Bonchev–Trinajstić information content (AvgIpc) is 3.26. The summed E-state index contributed by atoms with van der Waals surface area (Å²) < 4.78 is 4.97. The smallest absolute Gasteiger partial charge is 0.257 e. The number of amides is 2. The number of carbonyl (C=O) groups excluding carboxylic acids is 2. The molecule has 6 heteroatoms. The number of likely N-dealkylation sites (tertiary alicyclic amines) is 1. The van der Waals surface area contributed by atoms with Crippen molar-refractivity contribution < 1.29 is 14.0 Å². The molecule has 1 N–H and O–H groups in total. The van der Waals surface area contributed by atoms with Crippen LogP contribution >= 0.6 is 0 Å². The molecule has 1 aromatic carbocycles. The van der Waals surface area contributed by atoms with Crippen LogP contribution in [0.2, 0.25) is 0 Å². The van der Waals surface area contributed by atoms with Crippen LogP contribution in [0, 0.1) is 5.92 Å². The molecule has 0 aliphatic carbocycles. The summed E-state index contributed by atoms with van der Waals surface area (Å²) in [4.78, 5) is 28.6. The molecule has 0 unspecified atom stereocenters. The fraction of sp³-hybridized carbons (Fsp3) is 0.429. The second-order valence-corrected chi connectivity index (χ2v) is 6.98. The van der Waals surface area contributed by atoms with Gasteiger partial charge < -0.3 is 19.5 Å². The third-order valence-corrected chi connectivity index (χ3v) is 5.09. The highest BCUT2D eigenvalue weighted by molar-refractivity contribution is 5.94. The first-order valence-corrected chi connectivity index (χ1v) is 9.50. The molecular weight excluding hydrogens is 342 g/mol. The van der Waals surface area contributed by atoms with Gasteiger partial charge in [0.15, 0.2) is 0 Å². The van der Waals surface area contributed by atoms with Crippen molar-refractivity contribution >= 4 is 17.5 Å². The van der Waals surface area contributed by atoms with Gasteiger partial charge in [-0.1, -0.05) is 18.2 Å². The van der Waals surface area contributed by atoms with E-state index < -0.39 is 0 Å². The molecule has 0 saturated carbocycles. The van der Waals surface area contributed by atoms with Crippen molar-refractivity contribution in [1.29, 1.82) is 0 Å². The van der Waals surface area contributed by atoms with Gasteiger partial charge in [-0.15, -0.1) is 0 Å². The van der Waals surface area contributed by atoms with E-state index in [0.717, 1.165) is 13.0 Å². The quantitative estimate of drug-likeness (QED) is 0.762. The van der Waals surface area contributed by atoms with Gasteiger partial charge in [0, 0.05) is 44.8 Å². The predicted molar refractivity (Wildman–Crippen MR) is 105 cm³/mol. The minimum atomic E-state index is -0.0217. The Morgan fingerprint density at radius 2 is 1.93 bits per heavy atom. The van der Waals surface area contributed by atoms with Crippen molar-refractivity contribution in [2.45, 2.75) is 19.3 Å². The molecule has 2 amide bonds. The number of furan rings is 1. The van der Waals surface area contributed by atoms with E-state index in [1.54, 1.807) is 11.0 Å². The van der Waals surface area contributed by atoms with Gasteiger partial charge >= 0.3 is 0 Å². The second-order valence-electron chi connectivity index (χ2n) is 6.98. The molecular formula is C21H27N3O3. The summed E-state index contributed by atoms with van der Waals surface area (Å²) in [5.41, 5.74) is 1.75. The van der Waals surface area contributed by atoms with E-state index in [4.69, 9.17) is 4.42 Å². The van der Waals surface area contributed by atoms with Crippen molar-refractivity contribution in [1.82, 2.24) is 10.2 Å². The maximum Gasteiger partial charge on any atom is 0.257 e. The van der Waals surface area contributed by atoms with Crippen LogP contribution < -0.4 is 10.2 Å². The van der Waals surface area contributed by atoms with Crippen LogP contribution in [0.25, 0.3) is 0 Å². The number of anilines is 1. The van der Waals surface area contributed by atoms with Crippen LogP contribution in [0.5, 0.6) is 0 Å². The number of nitrogens with one attached hydrogen (secondary N) is 1. The Bertz CT molecular complexity index is 722. The van der Waals surface area contributed by atoms with Crippen LogP contribution in [-0.4, -0.2) is 49.9 Å². The third-order valence-electron chi connectivity index (χ3n) is 5.09. The minimum absolute atomic E-state index is 0.00903. The summed E-state index contributed by atoms with van der Waals surface area (Å²) in [7, 11) is 2.06. The molecule has 6 nitrogen and oxygen atoms in total. The lowest BCUT2D eigenvalue weighted by Crippen LogP contribution is -2.43. The van der Waals surface area contributed by atoms with Gasteiger partial charge in [0.1, 0.15) is 6.26 Å². The molecule has 1 saturated heterocycles. The Labute approximate surface area is 160 Å². The molecule has 1 fully saturated rings. The molecule has 0 atom stereocenters. The van der Waals surface area contributed by atoms with E-state index in [-0.39, 0.29) is 17.7 Å². The van der Waals surface area contributed by atoms with E-state index in [1.165, 1.54) is 18.2 Å². The molecule has 0 spiro atoms. The number of hydrogen-bond acceptors (Lipinski definition) is 4. The van der Waals surface area contributed by atoms with Crippen LogP contribution in [0.1, 0.15) is 29.6 Å². The molecule has 3 rings (SSSR count). The van der Waals surface area contributed by atoms with Crippen LogP contribution in [0.15, 0.2) is 53.3 Å². The molecule has 1 aliphatic heterocycles. The SMILES string of the molecule is CN(CCCNC(=O)C1CCN(C(=O)c2ccoc2)CC1)c1ccccc1. The standard InChI is InChI=1S/C21H27N3O3/c1-23(19-6-3-2-4-7-19)12-5-11-22-20(25)17-8-13-24(14-9-17)21(26)18-10-15-27-16-18/h2-4,6-7,10,15-17H,5,8-9,11-14H2,1H3,(H,22,25). The lowest BCUT2D eigenvalue weighted by Gasteiger charge is -2.31. The Morgan fingerprint density at radius 1 is 1.19 bits per heavy atom. The fourth-order valence-electron chi connectivity index (χ4n) is 3.40. The van der Waals surface area contributed by atoms with Gasteiger partial charge in [0.2, 0.25) is 5.91 Å². The molecule has 0 radical (unpaired) electrons. The number of benzene rings is 1. The zero-order chi connectivity index (χ0) is 19.1. The summed E-state index contributed by atoms with van der Waals surface area (Å²) >= 11 is 0. The predicted octanol–water partition coefficient (Wildman–Crippen LogP) is 2.77. The second kappa shape index (κ2) is 9.26. The minimum Gasteiger partial charge on any atom is -0.472 e. The van der Waals surface area contributed by atoms with E-state index >= 15 is 0 Å². The lowest BCUT2D eigenvalue weighted by atomic mass is 9.95. The van der Waals surface area contributed by atoms with Crippen LogP contribution in [-0.2, 0) is 4.79 Å². The maximum absolute atomic E-state index is 12.4. The fourth-order valence-corrected chi connectivity index (χ4v) is 3.40. The highest BCUT2D eigenvalue weighted by atomic mass is 16.3. The van der Waals surface area contributed by atoms with Gasteiger partial charge in [-0.05, 0) is 37.5 Å². The number of piperidine rings is 1. The topological polar surface area (TPSA) is 65.8 Å². The van der Waals surface area contributed by atoms with Crippen molar-refractivity contribution in [3.8, 4) is 0 Å². The van der Waals surface area contributed by atoms with E-state index in [1.807, 2.05) is 18.2 Å². The Hall–Kier alpha value is -2.76. The molecule has 1 aliphatic rings. The Kier molecular flexibility index (Phi) is 6.52. The summed E-state index contributed by atoms with van der Waals surface area (Å²) in [6, 6.07) is 11.9. The number of nitrogens with zero attached hydrogens (tertiary/aromatic N) is 2. The van der Waals surface area contributed by atoms with E-state index in [0.29, 0.717) is 38.0 Å². The van der Waals surface area contributed by atoms with Crippen LogP contribution in [0.3, 0.4) is 0 Å². The van der Waals surface area contributed by atoms with Gasteiger partial charge in [-0.25, -0.2) is 0 Å². The molecule has 27 heavy (non-hydrogen) atoms. The zero-order valence-corrected chi connectivity index (χ0v) is 15.8. The summed E-state index contributed by atoms with van der Waals surface area (Å²) in [5, 5.41) is 3.05. The normalized spacial score (nSPS) is 14.8. The van der Waals surface area contributed by atoms with E-state index in [9.17, 15) is 9.59 Å². The highest BCUT2D eigenvalue weighted by Crippen LogP contribution is 2.19. The molecule has 2 heterocycles. The number of carbonyl (C=O) groups is 2. The molecule has 144 valence electrons. The summed E-state index contributed by atoms with van der Waals surface area (Å²) in [5.74, 6) is 0.0737. The first kappa shape index (κ1) is 19.0. The zero-order valence-electron chi connectivity index (χ0n) is 15.8. The number of hydrogen-bond donors (Lipinski definition) is 1. The highest BCUT2D eigenvalue weighted by Gasteiger charge is 2.27. The maximum atomic E-state index is 12.4. The Balaban J connectivity index is 1.34. The summed E-state index contributed by atoms with van der Waals surface area (Å²) in [6.07, 6.45) is 5.28. The van der Waals surface area contributed by atoms with Gasteiger partial charge in [0.05, 0.1) is 11.8 Å². The van der Waals surface area contributed by atoms with Crippen molar-refractivity contribution in [2.75, 3.05) is 38.1 Å². The summed E-state index contributed by atoms with van der Waals surface area (Å²) in [6.45, 7) is 2.78. The number of para-hydroxylation sites is 1. The molecule has 0 bridgehead atoms. The average molecular weight is 369 g/mol. The van der Waals surface area contributed by atoms with Crippen molar-refractivity contribution in [2.24, 2.45) is 5.92 Å². The Morgan fingerprint density at radius 3 is 2.59 bits per heavy atom. The van der Waals surface area contributed by atoms with E-state index in [2.05, 4.69) is 29.4 Å². The lowest BCUT2D eigenvalue weighted by molar-refractivity contribution is -0.126. The monoisotopic (exact) mass is 369 g/mol. The van der Waals surface area contributed by atoms with Gasteiger partial charge in [0.25, 0.3) is 5.91 Å². The van der Waals surface area contributed by atoms with Gasteiger partial charge in [-0.2, -0.15) is 0 Å². The van der Waals surface area contributed by atoms with Crippen molar-refractivity contribution in [3.63, 3.8) is 0 Å². The van der Waals surface area contributed by atoms with Crippen LogP contribution in [0.4, 0.5) is 5.69 Å². The van der Waals surface area contributed by atoms with Gasteiger partial charge in [-0.3, -0.25) is 9.59 Å². The first-order valence-electron chi connectivity index (χ1n) is 9.50. The third kappa shape index (κ3) is 5.12. The molecule has 2 aromatic rings. The van der Waals surface area contributed by atoms with Crippen molar-refractivity contribution in [3.05, 3.63) is 54.5 Å². The molecule has 1 aromatic heterocycles. The first-order chi connectivity index (χ1) is 13.1. The largest absolute Gasteiger partial charge is 0.472 e. The number of rotatable bonds is 7.